The molecule has 2 rings (SSSR count). The highest BCUT2D eigenvalue weighted by molar-refractivity contribution is 5.77. The zero-order chi connectivity index (χ0) is 13.7. The number of nitrogens with one attached hydrogen (secondary N) is 1. The van der Waals surface area contributed by atoms with E-state index in [-0.39, 0.29) is 18.6 Å². The molecule has 104 valence electrons. The number of carbonyl (C=O) groups is 1. The quantitative estimate of drug-likeness (QED) is 0.867. The summed E-state index contributed by atoms with van der Waals surface area (Å²) in [5, 5.41) is 3.02. The molecule has 0 aliphatic carbocycles. The van der Waals surface area contributed by atoms with Crippen LogP contribution in [0.3, 0.4) is 0 Å². The van der Waals surface area contributed by atoms with E-state index in [0.29, 0.717) is 19.7 Å². The molecule has 0 aromatic carbocycles. The summed E-state index contributed by atoms with van der Waals surface area (Å²) >= 11 is 0. The molecule has 1 saturated heterocycles. The Hall–Kier alpha value is -1.66. The van der Waals surface area contributed by atoms with Gasteiger partial charge >= 0.3 is 0 Å². The lowest BCUT2D eigenvalue weighted by Gasteiger charge is -2.32. The van der Waals surface area contributed by atoms with Gasteiger partial charge in [0.2, 0.25) is 5.91 Å². The molecule has 1 aromatic heterocycles. The van der Waals surface area contributed by atoms with Crippen molar-refractivity contribution in [1.82, 2.24) is 9.88 Å². The van der Waals surface area contributed by atoms with Crippen LogP contribution in [-0.2, 0) is 14.3 Å². The Balaban J connectivity index is 2.01. The Morgan fingerprint density at radius 1 is 1.63 bits per heavy atom. The molecular weight excluding hydrogens is 246 g/mol. The summed E-state index contributed by atoms with van der Waals surface area (Å²) in [6, 6.07) is 3.86. The molecule has 1 N–H and O–H groups in total. The van der Waals surface area contributed by atoms with Gasteiger partial charge in [-0.15, -0.1) is 0 Å². The molecular formula is C13H19N3O3. The number of nitrogens with zero attached hydrogens (tertiary/aromatic N) is 2. The molecule has 0 saturated carbocycles. The van der Waals surface area contributed by atoms with Gasteiger partial charge in [-0.2, -0.15) is 0 Å². The summed E-state index contributed by atoms with van der Waals surface area (Å²) in [7, 11) is 3.37. The maximum absolute atomic E-state index is 11.8. The van der Waals surface area contributed by atoms with Gasteiger partial charge in [0.15, 0.2) is 0 Å². The highest BCUT2D eigenvalue weighted by Gasteiger charge is 2.25. The molecule has 6 heteroatoms. The van der Waals surface area contributed by atoms with Crippen LogP contribution in [0, 0.1) is 0 Å². The number of hydrogen-bond donors (Lipinski definition) is 1. The largest absolute Gasteiger partial charge is 0.387 e. The van der Waals surface area contributed by atoms with Crippen LogP contribution in [-0.4, -0.2) is 56.3 Å². The molecule has 1 atom stereocenters. The third-order valence-corrected chi connectivity index (χ3v) is 3.09. The Labute approximate surface area is 112 Å². The third kappa shape index (κ3) is 3.42. The van der Waals surface area contributed by atoms with Crippen LogP contribution in [0.5, 0.6) is 0 Å². The van der Waals surface area contributed by atoms with Gasteiger partial charge in [-0.25, -0.2) is 0 Å². The average Bonchev–Trinajstić information content (AvgIpc) is 2.48. The first-order valence-corrected chi connectivity index (χ1v) is 6.26. The van der Waals surface area contributed by atoms with Crippen molar-refractivity contribution in [3.8, 4) is 0 Å². The molecule has 1 aromatic rings. The SMILES string of the molecule is CNc1ccc(C2CN(C(=O)COC)CCO2)nc1. The van der Waals surface area contributed by atoms with Crippen LogP contribution in [0.2, 0.25) is 0 Å². The van der Waals surface area contributed by atoms with E-state index >= 15 is 0 Å². The summed E-state index contributed by atoms with van der Waals surface area (Å²) in [5.74, 6) is -0.0114. The fraction of sp³-hybridized carbons (Fsp3) is 0.538. The second kappa shape index (κ2) is 6.49. The molecule has 0 bridgehead atoms. The zero-order valence-electron chi connectivity index (χ0n) is 11.3. The maximum atomic E-state index is 11.8. The second-order valence-corrected chi connectivity index (χ2v) is 4.35. The Morgan fingerprint density at radius 3 is 3.11 bits per heavy atom. The van der Waals surface area contributed by atoms with Gasteiger partial charge in [0.05, 0.1) is 30.7 Å². The Morgan fingerprint density at radius 2 is 2.47 bits per heavy atom. The number of morpholine rings is 1. The molecule has 1 fully saturated rings. The number of hydrogen-bond acceptors (Lipinski definition) is 5. The highest BCUT2D eigenvalue weighted by atomic mass is 16.5. The smallest absolute Gasteiger partial charge is 0.248 e. The van der Waals surface area contributed by atoms with Crippen molar-refractivity contribution < 1.29 is 14.3 Å². The van der Waals surface area contributed by atoms with E-state index in [1.54, 1.807) is 11.1 Å². The first-order valence-electron chi connectivity index (χ1n) is 6.26. The molecule has 1 amide bonds. The Bertz CT molecular complexity index is 422. The lowest BCUT2D eigenvalue weighted by Crippen LogP contribution is -2.43. The molecule has 1 aliphatic rings. The molecule has 1 aliphatic heterocycles. The Kier molecular flexibility index (Phi) is 4.70. The summed E-state index contributed by atoms with van der Waals surface area (Å²) < 4.78 is 10.6. The van der Waals surface area contributed by atoms with Crippen LogP contribution in [0.25, 0.3) is 0 Å². The predicted molar refractivity (Wildman–Crippen MR) is 70.9 cm³/mol. The van der Waals surface area contributed by atoms with Crippen LogP contribution < -0.4 is 5.32 Å². The molecule has 0 radical (unpaired) electrons. The van der Waals surface area contributed by atoms with Crippen molar-refractivity contribution in [2.45, 2.75) is 6.10 Å². The minimum atomic E-state index is -0.166. The van der Waals surface area contributed by atoms with E-state index < -0.39 is 0 Å². The third-order valence-electron chi connectivity index (χ3n) is 3.09. The number of pyridine rings is 1. The van der Waals surface area contributed by atoms with Crippen LogP contribution in [0.4, 0.5) is 5.69 Å². The van der Waals surface area contributed by atoms with E-state index in [0.717, 1.165) is 11.4 Å². The van der Waals surface area contributed by atoms with Crippen molar-refractivity contribution in [3.05, 3.63) is 24.0 Å². The fourth-order valence-corrected chi connectivity index (χ4v) is 2.01. The van der Waals surface area contributed by atoms with E-state index in [9.17, 15) is 4.79 Å². The van der Waals surface area contributed by atoms with Crippen molar-refractivity contribution >= 4 is 11.6 Å². The van der Waals surface area contributed by atoms with E-state index in [1.165, 1.54) is 7.11 Å². The van der Waals surface area contributed by atoms with Crippen molar-refractivity contribution in [2.75, 3.05) is 45.8 Å². The van der Waals surface area contributed by atoms with Crippen LogP contribution in [0.15, 0.2) is 18.3 Å². The monoisotopic (exact) mass is 265 g/mol. The van der Waals surface area contributed by atoms with Gasteiger partial charge in [-0.05, 0) is 12.1 Å². The number of rotatable bonds is 4. The van der Waals surface area contributed by atoms with E-state index in [2.05, 4.69) is 10.3 Å². The maximum Gasteiger partial charge on any atom is 0.248 e. The number of ether oxygens (including phenoxy) is 2. The van der Waals surface area contributed by atoms with E-state index in [1.807, 2.05) is 19.2 Å². The minimum absolute atomic E-state index is 0.0114. The lowest BCUT2D eigenvalue weighted by atomic mass is 10.2. The number of anilines is 1. The highest BCUT2D eigenvalue weighted by Crippen LogP contribution is 2.21. The number of carbonyl (C=O) groups excluding carboxylic acids is 1. The standard InChI is InChI=1S/C13H19N3O3/c1-14-10-3-4-11(15-7-10)12-8-16(5-6-19-12)13(17)9-18-2/h3-4,7,12,14H,5-6,8-9H2,1-2H3. The fourth-order valence-electron chi connectivity index (χ4n) is 2.01. The van der Waals surface area contributed by atoms with Gasteiger partial charge in [0.25, 0.3) is 0 Å². The van der Waals surface area contributed by atoms with Gasteiger partial charge in [-0.1, -0.05) is 0 Å². The molecule has 19 heavy (non-hydrogen) atoms. The first-order chi connectivity index (χ1) is 9.24. The summed E-state index contributed by atoms with van der Waals surface area (Å²) in [6.45, 7) is 1.76. The first kappa shape index (κ1) is 13.8. The molecule has 6 nitrogen and oxygen atoms in total. The lowest BCUT2D eigenvalue weighted by molar-refractivity contribution is -0.143. The van der Waals surface area contributed by atoms with Gasteiger partial charge < -0.3 is 19.7 Å². The number of methoxy groups -OCH3 is 1. The zero-order valence-corrected chi connectivity index (χ0v) is 11.3. The number of aromatic nitrogens is 1. The number of amides is 1. The van der Waals surface area contributed by atoms with Gasteiger partial charge in [0.1, 0.15) is 12.7 Å². The summed E-state index contributed by atoms with van der Waals surface area (Å²) in [6.07, 6.45) is 1.59. The van der Waals surface area contributed by atoms with Crippen molar-refractivity contribution in [3.63, 3.8) is 0 Å². The van der Waals surface area contributed by atoms with Crippen LogP contribution >= 0.6 is 0 Å². The van der Waals surface area contributed by atoms with Crippen molar-refractivity contribution in [1.29, 1.82) is 0 Å². The summed E-state index contributed by atoms with van der Waals surface area (Å²) in [5.41, 5.74) is 1.79. The average molecular weight is 265 g/mol. The minimum Gasteiger partial charge on any atom is -0.387 e. The normalized spacial score (nSPS) is 19.3. The topological polar surface area (TPSA) is 63.7 Å². The predicted octanol–water partition coefficient (Wildman–Crippen LogP) is 0.670. The van der Waals surface area contributed by atoms with Gasteiger partial charge in [0, 0.05) is 20.7 Å². The summed E-state index contributed by atoms with van der Waals surface area (Å²) in [4.78, 5) is 17.9. The second-order valence-electron chi connectivity index (χ2n) is 4.35. The molecule has 0 spiro atoms. The van der Waals surface area contributed by atoms with Gasteiger partial charge in [-0.3, -0.25) is 9.78 Å². The molecule has 2 heterocycles. The molecule has 1 unspecified atom stereocenters. The van der Waals surface area contributed by atoms with Crippen LogP contribution in [0.1, 0.15) is 11.8 Å². The van der Waals surface area contributed by atoms with E-state index in [4.69, 9.17) is 9.47 Å². The van der Waals surface area contributed by atoms with Crippen molar-refractivity contribution in [2.24, 2.45) is 0 Å².